The molecule has 9 heteroatoms. The second-order valence-electron chi connectivity index (χ2n) is 4.43. The Morgan fingerprint density at radius 3 is 2.90 bits per heavy atom. The number of nitrogens with two attached hydrogens (primary N) is 1. The van der Waals surface area contributed by atoms with Gasteiger partial charge in [0.1, 0.15) is 5.69 Å². The van der Waals surface area contributed by atoms with Crippen molar-refractivity contribution in [3.8, 4) is 0 Å². The summed E-state index contributed by atoms with van der Waals surface area (Å²) in [5, 5.41) is 13.4. The summed E-state index contributed by atoms with van der Waals surface area (Å²) < 4.78 is 10.6. The lowest BCUT2D eigenvalue weighted by Gasteiger charge is -2.23. The third-order valence-corrected chi connectivity index (χ3v) is 3.25. The van der Waals surface area contributed by atoms with Crippen LogP contribution in [0.1, 0.15) is 10.4 Å². The Kier molecular flexibility index (Phi) is 4.94. The van der Waals surface area contributed by atoms with E-state index in [0.29, 0.717) is 19.8 Å². The summed E-state index contributed by atoms with van der Waals surface area (Å²) in [5.74, 6) is -0.492. The van der Waals surface area contributed by atoms with E-state index in [1.165, 1.54) is 6.07 Å². The van der Waals surface area contributed by atoms with Crippen LogP contribution in [0.25, 0.3) is 0 Å². The number of halogens is 1. The summed E-state index contributed by atoms with van der Waals surface area (Å²) in [6.07, 6.45) is -0.234. The van der Waals surface area contributed by atoms with Crippen molar-refractivity contribution in [2.24, 2.45) is 0 Å². The fourth-order valence-corrected chi connectivity index (χ4v) is 2.06. The van der Waals surface area contributed by atoms with Crippen LogP contribution in [0.3, 0.4) is 0 Å². The Balaban J connectivity index is 2.06. The molecular formula is C12H14ClN3O5. The SMILES string of the molecule is Nc1c(Cl)cc(C(=O)NCC2COCCO2)cc1[N+](=O)[O-]. The van der Waals surface area contributed by atoms with Crippen molar-refractivity contribution in [2.75, 3.05) is 32.1 Å². The van der Waals surface area contributed by atoms with Crippen LogP contribution in [-0.2, 0) is 9.47 Å². The standard InChI is InChI=1S/C12H14ClN3O5/c13-9-3-7(4-10(11(9)14)16(18)19)12(17)15-5-8-6-20-1-2-21-8/h3-4,8H,1-2,5-6,14H2,(H,15,17). The average molecular weight is 316 g/mol. The molecule has 21 heavy (non-hydrogen) atoms. The van der Waals surface area contributed by atoms with E-state index >= 15 is 0 Å². The first-order valence-electron chi connectivity index (χ1n) is 6.20. The van der Waals surface area contributed by atoms with E-state index in [4.69, 9.17) is 26.8 Å². The number of nitro groups is 1. The number of nitrogens with zero attached hydrogens (tertiary/aromatic N) is 1. The number of nitrogen functional groups attached to an aromatic ring is 1. The zero-order valence-corrected chi connectivity index (χ0v) is 11.8. The molecule has 1 unspecified atom stereocenters. The highest BCUT2D eigenvalue weighted by Gasteiger charge is 2.20. The Hall–Kier alpha value is -1.90. The Morgan fingerprint density at radius 1 is 1.52 bits per heavy atom. The van der Waals surface area contributed by atoms with Gasteiger partial charge < -0.3 is 20.5 Å². The fourth-order valence-electron chi connectivity index (χ4n) is 1.85. The van der Waals surface area contributed by atoms with E-state index in [1.54, 1.807) is 0 Å². The Labute approximate surface area is 125 Å². The first-order valence-corrected chi connectivity index (χ1v) is 6.57. The molecule has 1 aromatic carbocycles. The van der Waals surface area contributed by atoms with Gasteiger partial charge in [-0.3, -0.25) is 14.9 Å². The molecule has 1 aliphatic heterocycles. The molecule has 1 aromatic rings. The molecule has 1 atom stereocenters. The van der Waals surface area contributed by atoms with Crippen molar-refractivity contribution in [3.05, 3.63) is 32.8 Å². The minimum Gasteiger partial charge on any atom is -0.392 e. The Bertz CT molecular complexity index is 560. The maximum atomic E-state index is 12.0. The fraction of sp³-hybridized carbons (Fsp3) is 0.417. The predicted molar refractivity (Wildman–Crippen MR) is 75.4 cm³/mol. The Morgan fingerprint density at radius 2 is 2.29 bits per heavy atom. The van der Waals surface area contributed by atoms with Crippen molar-refractivity contribution in [1.82, 2.24) is 5.32 Å². The minimum atomic E-state index is -0.684. The van der Waals surface area contributed by atoms with E-state index in [1.807, 2.05) is 0 Å². The second kappa shape index (κ2) is 6.70. The van der Waals surface area contributed by atoms with Gasteiger partial charge in [0, 0.05) is 18.2 Å². The first-order chi connectivity index (χ1) is 9.99. The van der Waals surface area contributed by atoms with Crippen LogP contribution in [0.4, 0.5) is 11.4 Å². The van der Waals surface area contributed by atoms with Crippen LogP contribution < -0.4 is 11.1 Å². The summed E-state index contributed by atoms with van der Waals surface area (Å²) in [6.45, 7) is 1.64. The zero-order valence-electron chi connectivity index (χ0n) is 11.0. The van der Waals surface area contributed by atoms with Crippen LogP contribution >= 0.6 is 11.6 Å². The molecule has 0 saturated carbocycles. The lowest BCUT2D eigenvalue weighted by Crippen LogP contribution is -2.39. The molecule has 2 rings (SSSR count). The van der Waals surface area contributed by atoms with Crippen molar-refractivity contribution in [2.45, 2.75) is 6.10 Å². The van der Waals surface area contributed by atoms with Crippen molar-refractivity contribution in [1.29, 1.82) is 0 Å². The van der Waals surface area contributed by atoms with E-state index < -0.39 is 16.5 Å². The van der Waals surface area contributed by atoms with Crippen molar-refractivity contribution >= 4 is 28.9 Å². The molecule has 0 radical (unpaired) electrons. The van der Waals surface area contributed by atoms with E-state index in [9.17, 15) is 14.9 Å². The average Bonchev–Trinajstić information content (AvgIpc) is 2.48. The summed E-state index contributed by atoms with van der Waals surface area (Å²) >= 11 is 5.80. The lowest BCUT2D eigenvalue weighted by atomic mass is 10.1. The monoisotopic (exact) mass is 315 g/mol. The van der Waals surface area contributed by atoms with Gasteiger partial charge in [-0.05, 0) is 6.07 Å². The summed E-state index contributed by atoms with van der Waals surface area (Å²) in [4.78, 5) is 22.2. The largest absolute Gasteiger partial charge is 0.392 e. The van der Waals surface area contributed by atoms with E-state index in [2.05, 4.69) is 5.32 Å². The molecule has 8 nitrogen and oxygen atoms in total. The van der Waals surface area contributed by atoms with Gasteiger partial charge in [-0.2, -0.15) is 0 Å². The number of carbonyl (C=O) groups excluding carboxylic acids is 1. The number of nitrogens with one attached hydrogen (secondary N) is 1. The lowest BCUT2D eigenvalue weighted by molar-refractivity contribution is -0.383. The maximum Gasteiger partial charge on any atom is 0.294 e. The quantitative estimate of drug-likeness (QED) is 0.486. The number of amides is 1. The number of carbonyl (C=O) groups is 1. The van der Waals surface area contributed by atoms with E-state index in [-0.39, 0.29) is 28.9 Å². The van der Waals surface area contributed by atoms with Gasteiger partial charge in [0.25, 0.3) is 11.6 Å². The molecule has 1 fully saturated rings. The van der Waals surface area contributed by atoms with Crippen LogP contribution in [-0.4, -0.2) is 43.3 Å². The van der Waals surface area contributed by atoms with Crippen LogP contribution in [0, 0.1) is 10.1 Å². The van der Waals surface area contributed by atoms with Gasteiger partial charge >= 0.3 is 0 Å². The number of nitro benzene ring substituents is 1. The summed E-state index contributed by atoms with van der Waals surface area (Å²) in [5.41, 5.74) is 5.01. The number of rotatable bonds is 4. The molecule has 1 heterocycles. The van der Waals surface area contributed by atoms with E-state index in [0.717, 1.165) is 6.07 Å². The first kappa shape index (κ1) is 15.5. The molecule has 1 amide bonds. The molecule has 0 spiro atoms. The van der Waals surface area contributed by atoms with Crippen LogP contribution in [0.5, 0.6) is 0 Å². The minimum absolute atomic E-state index is 0.0356. The van der Waals surface area contributed by atoms with Gasteiger partial charge in [0.15, 0.2) is 0 Å². The molecule has 114 valence electrons. The zero-order chi connectivity index (χ0) is 15.4. The van der Waals surface area contributed by atoms with Crippen molar-refractivity contribution < 1.29 is 19.2 Å². The van der Waals surface area contributed by atoms with Gasteiger partial charge in [-0.25, -0.2) is 0 Å². The summed E-state index contributed by atoms with van der Waals surface area (Å²) in [6, 6.07) is 2.38. The molecule has 0 aromatic heterocycles. The van der Waals surface area contributed by atoms with Crippen LogP contribution in [0.2, 0.25) is 5.02 Å². The molecule has 0 aliphatic carbocycles. The second-order valence-corrected chi connectivity index (χ2v) is 4.83. The molecule has 1 saturated heterocycles. The molecule has 3 N–H and O–H groups in total. The van der Waals surface area contributed by atoms with Crippen LogP contribution in [0.15, 0.2) is 12.1 Å². The van der Waals surface area contributed by atoms with Crippen molar-refractivity contribution in [3.63, 3.8) is 0 Å². The predicted octanol–water partition coefficient (Wildman–Crippen LogP) is 0.976. The maximum absolute atomic E-state index is 12.0. The van der Waals surface area contributed by atoms with Gasteiger partial charge in [0.05, 0.1) is 35.9 Å². The highest BCUT2D eigenvalue weighted by molar-refractivity contribution is 6.34. The normalized spacial score (nSPS) is 18.2. The van der Waals surface area contributed by atoms with Gasteiger partial charge in [-0.1, -0.05) is 11.6 Å². The topological polar surface area (TPSA) is 117 Å². The smallest absolute Gasteiger partial charge is 0.294 e. The molecule has 0 bridgehead atoms. The third-order valence-electron chi connectivity index (χ3n) is 2.94. The number of hydrogen-bond donors (Lipinski definition) is 2. The van der Waals surface area contributed by atoms with Gasteiger partial charge in [-0.15, -0.1) is 0 Å². The number of benzene rings is 1. The molecule has 1 aliphatic rings. The number of hydrogen-bond acceptors (Lipinski definition) is 6. The molecular weight excluding hydrogens is 302 g/mol. The van der Waals surface area contributed by atoms with Gasteiger partial charge in [0.2, 0.25) is 0 Å². The summed E-state index contributed by atoms with van der Waals surface area (Å²) in [7, 11) is 0. The highest BCUT2D eigenvalue weighted by atomic mass is 35.5. The number of ether oxygens (including phenoxy) is 2. The highest BCUT2D eigenvalue weighted by Crippen LogP contribution is 2.30. The third kappa shape index (κ3) is 3.81. The number of anilines is 1.